The molecular formula is C20H25ClN2O6. The highest BCUT2D eigenvalue weighted by molar-refractivity contribution is 6.31. The second-order valence-corrected chi connectivity index (χ2v) is 6.67. The van der Waals surface area contributed by atoms with Crippen molar-refractivity contribution >= 4 is 17.6 Å². The minimum atomic E-state index is -1.28. The van der Waals surface area contributed by atoms with E-state index in [9.17, 15) is 9.59 Å². The van der Waals surface area contributed by atoms with E-state index in [4.69, 9.17) is 30.9 Å². The Morgan fingerprint density at radius 3 is 2.72 bits per heavy atom. The Kier molecular flexibility index (Phi) is 8.48. The molecule has 1 N–H and O–H groups in total. The standard InChI is InChI=1S/C17H17ClN2O6.C3H8/c1-24-4-2-5-25-14-8-13-15(19-16(14)18)11-7-12(21)10(17(22)23)9-20(11)3-6-26-13;1-3-2/h7-9H,2-6H2,1H3,(H,22,23);3H2,1-2H3. The van der Waals surface area contributed by atoms with Crippen molar-refractivity contribution < 1.29 is 24.1 Å². The van der Waals surface area contributed by atoms with E-state index in [-0.39, 0.29) is 17.3 Å². The molecule has 0 atom stereocenters. The first kappa shape index (κ1) is 22.7. The zero-order valence-corrected chi connectivity index (χ0v) is 17.5. The van der Waals surface area contributed by atoms with E-state index in [2.05, 4.69) is 18.8 Å². The molecule has 9 heteroatoms. The molecule has 2 aromatic rings. The second-order valence-electron chi connectivity index (χ2n) is 6.31. The van der Waals surface area contributed by atoms with Crippen molar-refractivity contribution in [3.8, 4) is 22.9 Å². The van der Waals surface area contributed by atoms with Crippen LogP contribution in [0.2, 0.25) is 5.15 Å². The van der Waals surface area contributed by atoms with Crippen LogP contribution in [0.1, 0.15) is 37.0 Å². The van der Waals surface area contributed by atoms with Crippen LogP contribution in [-0.4, -0.2) is 47.6 Å². The molecule has 0 aliphatic carbocycles. The number of carboxylic acid groups (broad SMARTS) is 1. The number of methoxy groups -OCH3 is 1. The van der Waals surface area contributed by atoms with E-state index in [1.807, 2.05) is 0 Å². The lowest BCUT2D eigenvalue weighted by Crippen LogP contribution is -2.19. The summed E-state index contributed by atoms with van der Waals surface area (Å²) in [6.45, 7) is 5.88. The molecule has 1 aliphatic heterocycles. The van der Waals surface area contributed by atoms with Gasteiger partial charge in [0.2, 0.25) is 0 Å². The van der Waals surface area contributed by atoms with Gasteiger partial charge < -0.3 is 23.9 Å². The molecule has 0 amide bonds. The molecule has 0 bridgehead atoms. The van der Waals surface area contributed by atoms with E-state index < -0.39 is 11.4 Å². The molecule has 0 radical (unpaired) electrons. The number of rotatable bonds is 6. The summed E-state index contributed by atoms with van der Waals surface area (Å²) in [6.07, 6.45) is 3.24. The summed E-state index contributed by atoms with van der Waals surface area (Å²) < 4.78 is 17.9. The van der Waals surface area contributed by atoms with E-state index in [0.717, 1.165) is 0 Å². The molecular weight excluding hydrogens is 400 g/mol. The lowest BCUT2D eigenvalue weighted by molar-refractivity contribution is 0.0694. The number of ether oxygens (including phenoxy) is 3. The number of halogens is 1. The average Bonchev–Trinajstić information content (AvgIpc) is 2.84. The molecule has 158 valence electrons. The van der Waals surface area contributed by atoms with Gasteiger partial charge in [-0.2, -0.15) is 0 Å². The Morgan fingerprint density at radius 1 is 1.34 bits per heavy atom. The van der Waals surface area contributed by atoms with Crippen molar-refractivity contribution in [1.82, 2.24) is 9.55 Å². The summed E-state index contributed by atoms with van der Waals surface area (Å²) in [5.41, 5.74) is -0.0954. The van der Waals surface area contributed by atoms with Crippen LogP contribution in [0.4, 0.5) is 0 Å². The minimum Gasteiger partial charge on any atom is -0.490 e. The molecule has 0 unspecified atom stereocenters. The Hall–Kier alpha value is -2.58. The summed E-state index contributed by atoms with van der Waals surface area (Å²) in [5.74, 6) is -0.481. The summed E-state index contributed by atoms with van der Waals surface area (Å²) >= 11 is 6.21. The third-order valence-corrected chi connectivity index (χ3v) is 4.12. The van der Waals surface area contributed by atoms with Crippen molar-refractivity contribution in [2.45, 2.75) is 33.2 Å². The normalized spacial score (nSPS) is 11.9. The van der Waals surface area contributed by atoms with Crippen LogP contribution >= 0.6 is 11.6 Å². The number of fused-ring (bicyclic) bond motifs is 3. The summed E-state index contributed by atoms with van der Waals surface area (Å²) in [6, 6.07) is 2.86. The number of aromatic carboxylic acids is 1. The van der Waals surface area contributed by atoms with Gasteiger partial charge in [0, 0.05) is 38.5 Å². The van der Waals surface area contributed by atoms with Gasteiger partial charge in [0.25, 0.3) is 0 Å². The average molecular weight is 425 g/mol. The number of carbonyl (C=O) groups is 1. The summed E-state index contributed by atoms with van der Waals surface area (Å²) in [4.78, 5) is 27.6. The fourth-order valence-corrected chi connectivity index (χ4v) is 2.81. The fraction of sp³-hybridized carbons (Fsp3) is 0.450. The lowest BCUT2D eigenvalue weighted by atomic mass is 10.1. The van der Waals surface area contributed by atoms with Gasteiger partial charge in [-0.25, -0.2) is 9.78 Å². The molecule has 0 saturated carbocycles. The van der Waals surface area contributed by atoms with Crippen molar-refractivity contribution in [2.24, 2.45) is 0 Å². The molecule has 3 rings (SSSR count). The van der Waals surface area contributed by atoms with Gasteiger partial charge in [-0.05, 0) is 0 Å². The molecule has 0 spiro atoms. The topological polar surface area (TPSA) is 99.9 Å². The predicted molar refractivity (Wildman–Crippen MR) is 109 cm³/mol. The molecule has 0 fully saturated rings. The first-order chi connectivity index (χ1) is 13.9. The zero-order chi connectivity index (χ0) is 21.4. The smallest absolute Gasteiger partial charge is 0.341 e. The van der Waals surface area contributed by atoms with Gasteiger partial charge >= 0.3 is 5.97 Å². The third-order valence-electron chi connectivity index (χ3n) is 3.85. The van der Waals surface area contributed by atoms with Crippen LogP contribution in [0.15, 0.2) is 23.1 Å². The van der Waals surface area contributed by atoms with Crippen molar-refractivity contribution in [3.63, 3.8) is 0 Å². The van der Waals surface area contributed by atoms with Crippen molar-refractivity contribution in [2.75, 3.05) is 26.9 Å². The van der Waals surface area contributed by atoms with Gasteiger partial charge in [0.05, 0.1) is 18.8 Å². The maximum Gasteiger partial charge on any atom is 0.341 e. The number of pyridine rings is 2. The number of nitrogens with zero attached hydrogens (tertiary/aromatic N) is 2. The highest BCUT2D eigenvalue weighted by Crippen LogP contribution is 2.36. The predicted octanol–water partition coefficient (Wildman–Crippen LogP) is 3.49. The Morgan fingerprint density at radius 2 is 2.07 bits per heavy atom. The van der Waals surface area contributed by atoms with Crippen LogP contribution in [0, 0.1) is 0 Å². The minimum absolute atomic E-state index is 0.132. The largest absolute Gasteiger partial charge is 0.490 e. The Labute approximate surface area is 174 Å². The first-order valence-electron chi connectivity index (χ1n) is 9.36. The molecule has 1 aliphatic rings. The quantitative estimate of drug-likeness (QED) is 0.559. The Balaban J connectivity index is 0.000000941. The highest BCUT2D eigenvalue weighted by Gasteiger charge is 2.22. The molecule has 29 heavy (non-hydrogen) atoms. The molecule has 3 heterocycles. The fourth-order valence-electron chi connectivity index (χ4n) is 2.61. The SMILES string of the molecule is CCC.COCCCOc1cc2c(nc1Cl)-c1cc(=O)c(C(=O)O)cn1CCO2. The maximum absolute atomic E-state index is 12.1. The first-order valence-corrected chi connectivity index (χ1v) is 9.73. The third kappa shape index (κ3) is 5.71. The summed E-state index contributed by atoms with van der Waals surface area (Å²) in [5, 5.41) is 9.26. The number of hydrogen-bond donors (Lipinski definition) is 1. The van der Waals surface area contributed by atoms with E-state index >= 15 is 0 Å². The zero-order valence-electron chi connectivity index (χ0n) is 16.7. The van der Waals surface area contributed by atoms with Crippen molar-refractivity contribution in [1.29, 1.82) is 0 Å². The van der Waals surface area contributed by atoms with E-state index in [0.29, 0.717) is 49.1 Å². The lowest BCUT2D eigenvalue weighted by Gasteiger charge is -2.13. The van der Waals surface area contributed by atoms with E-state index in [1.54, 1.807) is 17.7 Å². The molecule has 2 aromatic heterocycles. The van der Waals surface area contributed by atoms with Crippen molar-refractivity contribution in [3.05, 3.63) is 39.3 Å². The van der Waals surface area contributed by atoms with Crippen LogP contribution in [0.25, 0.3) is 11.4 Å². The Bertz CT molecular complexity index is 913. The molecule has 0 saturated heterocycles. The van der Waals surface area contributed by atoms with Crippen LogP contribution in [0.5, 0.6) is 11.5 Å². The van der Waals surface area contributed by atoms with Gasteiger partial charge in [-0.1, -0.05) is 31.9 Å². The number of aromatic nitrogens is 2. The summed E-state index contributed by atoms with van der Waals surface area (Å²) in [7, 11) is 1.61. The molecule has 8 nitrogen and oxygen atoms in total. The highest BCUT2D eigenvalue weighted by atomic mass is 35.5. The monoisotopic (exact) mass is 424 g/mol. The number of carboxylic acids is 1. The van der Waals surface area contributed by atoms with Crippen LogP contribution in [0.3, 0.4) is 0 Å². The van der Waals surface area contributed by atoms with Gasteiger partial charge in [0.15, 0.2) is 22.1 Å². The van der Waals surface area contributed by atoms with Crippen LogP contribution < -0.4 is 14.9 Å². The maximum atomic E-state index is 12.1. The number of hydrogen-bond acceptors (Lipinski definition) is 6. The van der Waals surface area contributed by atoms with Gasteiger partial charge in [-0.3, -0.25) is 4.79 Å². The molecule has 0 aromatic carbocycles. The van der Waals surface area contributed by atoms with Crippen LogP contribution in [-0.2, 0) is 11.3 Å². The van der Waals surface area contributed by atoms with Gasteiger partial charge in [-0.15, -0.1) is 0 Å². The van der Waals surface area contributed by atoms with E-state index in [1.165, 1.54) is 18.7 Å². The van der Waals surface area contributed by atoms with Gasteiger partial charge in [0.1, 0.15) is 17.9 Å². The second kappa shape index (κ2) is 10.8.